The van der Waals surface area contributed by atoms with E-state index in [1.54, 1.807) is 31.4 Å². The SMILES string of the molecule is COc1ccc(CNC(=O)COC(=O)/C(C#N)=C\c2ccc(N(C)C)cc2)cc1. The van der Waals surface area contributed by atoms with Crippen LogP contribution in [0.25, 0.3) is 6.08 Å². The quantitative estimate of drug-likeness (QED) is 0.421. The molecule has 0 aromatic heterocycles. The van der Waals surface area contributed by atoms with Crippen molar-refractivity contribution in [2.24, 2.45) is 0 Å². The number of nitriles is 1. The summed E-state index contributed by atoms with van der Waals surface area (Å²) >= 11 is 0. The Hall–Kier alpha value is -3.79. The average molecular weight is 393 g/mol. The minimum Gasteiger partial charge on any atom is -0.497 e. The van der Waals surface area contributed by atoms with Crippen LogP contribution in [0, 0.1) is 11.3 Å². The lowest BCUT2D eigenvalue weighted by molar-refractivity contribution is -0.144. The van der Waals surface area contributed by atoms with Crippen molar-refractivity contribution in [2.45, 2.75) is 6.54 Å². The van der Waals surface area contributed by atoms with Gasteiger partial charge in [-0.25, -0.2) is 4.79 Å². The van der Waals surface area contributed by atoms with Crippen molar-refractivity contribution in [3.05, 3.63) is 65.2 Å². The zero-order chi connectivity index (χ0) is 21.2. The standard InChI is InChI=1S/C22H23N3O4/c1-25(2)19-8-4-16(5-9-19)12-18(13-23)22(27)29-15-21(26)24-14-17-6-10-20(28-3)11-7-17/h4-12H,14-15H2,1-3H3,(H,24,26)/b18-12-. The molecule has 0 fully saturated rings. The van der Waals surface area contributed by atoms with E-state index in [1.807, 2.05) is 49.3 Å². The van der Waals surface area contributed by atoms with E-state index < -0.39 is 18.5 Å². The number of benzene rings is 2. The smallest absolute Gasteiger partial charge is 0.349 e. The highest BCUT2D eigenvalue weighted by Crippen LogP contribution is 2.15. The van der Waals surface area contributed by atoms with E-state index in [0.717, 1.165) is 17.0 Å². The minimum atomic E-state index is -0.844. The van der Waals surface area contributed by atoms with Crippen LogP contribution < -0.4 is 15.0 Å². The van der Waals surface area contributed by atoms with E-state index in [2.05, 4.69) is 5.32 Å². The number of rotatable bonds is 8. The number of methoxy groups -OCH3 is 1. The number of nitrogens with zero attached hydrogens (tertiary/aromatic N) is 2. The molecule has 150 valence electrons. The van der Waals surface area contributed by atoms with Gasteiger partial charge in [0.2, 0.25) is 0 Å². The van der Waals surface area contributed by atoms with Gasteiger partial charge in [0.15, 0.2) is 6.61 Å². The van der Waals surface area contributed by atoms with E-state index in [9.17, 15) is 14.9 Å². The Morgan fingerprint density at radius 1 is 1.10 bits per heavy atom. The second kappa shape index (κ2) is 10.5. The van der Waals surface area contributed by atoms with Crippen molar-refractivity contribution in [3.63, 3.8) is 0 Å². The summed E-state index contributed by atoms with van der Waals surface area (Å²) in [5, 5.41) is 11.9. The monoisotopic (exact) mass is 393 g/mol. The molecule has 0 atom stereocenters. The van der Waals surface area contributed by atoms with Crippen LogP contribution in [0.4, 0.5) is 5.69 Å². The van der Waals surface area contributed by atoms with Crippen molar-refractivity contribution < 1.29 is 19.1 Å². The highest BCUT2D eigenvalue weighted by molar-refractivity contribution is 5.98. The van der Waals surface area contributed by atoms with E-state index in [0.29, 0.717) is 12.1 Å². The number of ether oxygens (including phenoxy) is 2. The Bertz CT molecular complexity index is 911. The first-order valence-corrected chi connectivity index (χ1v) is 8.89. The minimum absolute atomic E-state index is 0.175. The zero-order valence-electron chi connectivity index (χ0n) is 16.6. The number of hydrogen-bond acceptors (Lipinski definition) is 6. The van der Waals surface area contributed by atoms with E-state index >= 15 is 0 Å². The van der Waals surface area contributed by atoms with Crippen LogP contribution in [0.3, 0.4) is 0 Å². The van der Waals surface area contributed by atoms with Crippen LogP contribution in [0.1, 0.15) is 11.1 Å². The summed E-state index contributed by atoms with van der Waals surface area (Å²) in [5.74, 6) is -0.577. The number of amides is 1. The van der Waals surface area contributed by atoms with Gasteiger partial charge in [0.05, 0.1) is 7.11 Å². The number of nitrogens with one attached hydrogen (secondary N) is 1. The lowest BCUT2D eigenvalue weighted by Crippen LogP contribution is -2.28. The van der Waals surface area contributed by atoms with E-state index in [1.165, 1.54) is 6.08 Å². The molecule has 1 N–H and O–H groups in total. The highest BCUT2D eigenvalue weighted by atomic mass is 16.5. The molecule has 0 saturated heterocycles. The van der Waals surface area contributed by atoms with E-state index in [4.69, 9.17) is 9.47 Å². The maximum Gasteiger partial charge on any atom is 0.349 e. The molecule has 0 aliphatic rings. The van der Waals surface area contributed by atoms with Crippen molar-refractivity contribution >= 4 is 23.6 Å². The molecule has 1 amide bonds. The lowest BCUT2D eigenvalue weighted by Gasteiger charge is -2.11. The summed E-state index contributed by atoms with van der Waals surface area (Å²) < 4.78 is 10.0. The molecule has 2 aromatic rings. The molecule has 0 bridgehead atoms. The van der Waals surface area contributed by atoms with Crippen LogP contribution in [0.15, 0.2) is 54.1 Å². The Balaban J connectivity index is 1.86. The van der Waals surface area contributed by atoms with Gasteiger partial charge in [0, 0.05) is 26.3 Å². The van der Waals surface area contributed by atoms with Gasteiger partial charge in [-0.2, -0.15) is 5.26 Å². The Morgan fingerprint density at radius 3 is 2.31 bits per heavy atom. The number of esters is 1. The Morgan fingerprint density at radius 2 is 1.76 bits per heavy atom. The summed E-state index contributed by atoms with van der Waals surface area (Å²) in [6, 6.07) is 16.4. The van der Waals surface area contributed by atoms with Gasteiger partial charge in [0.25, 0.3) is 5.91 Å². The van der Waals surface area contributed by atoms with Gasteiger partial charge in [-0.3, -0.25) is 4.79 Å². The molecule has 2 rings (SSSR count). The average Bonchev–Trinajstić information content (AvgIpc) is 2.74. The van der Waals surface area contributed by atoms with Gasteiger partial charge < -0.3 is 19.7 Å². The van der Waals surface area contributed by atoms with Crippen LogP contribution in [0.5, 0.6) is 5.75 Å². The third-order valence-corrected chi connectivity index (χ3v) is 4.04. The highest BCUT2D eigenvalue weighted by Gasteiger charge is 2.13. The van der Waals surface area contributed by atoms with Crippen molar-refractivity contribution in [3.8, 4) is 11.8 Å². The molecular formula is C22H23N3O4. The maximum absolute atomic E-state index is 12.1. The third-order valence-electron chi connectivity index (χ3n) is 4.04. The summed E-state index contributed by atoms with van der Waals surface area (Å²) in [4.78, 5) is 25.9. The predicted molar refractivity (Wildman–Crippen MR) is 110 cm³/mol. The van der Waals surface area contributed by atoms with Crippen LogP contribution in [0.2, 0.25) is 0 Å². The van der Waals surface area contributed by atoms with Gasteiger partial charge in [-0.1, -0.05) is 24.3 Å². The van der Waals surface area contributed by atoms with Crippen molar-refractivity contribution in [2.75, 3.05) is 32.7 Å². The molecule has 0 spiro atoms. The van der Waals surface area contributed by atoms with E-state index in [-0.39, 0.29) is 5.57 Å². The molecule has 0 radical (unpaired) electrons. The van der Waals surface area contributed by atoms with Crippen molar-refractivity contribution in [1.29, 1.82) is 5.26 Å². The first-order chi connectivity index (χ1) is 13.9. The normalized spacial score (nSPS) is 10.6. The number of carbonyl (C=O) groups excluding carboxylic acids is 2. The maximum atomic E-state index is 12.1. The van der Waals surface area contributed by atoms with Gasteiger partial charge >= 0.3 is 5.97 Å². The summed E-state index contributed by atoms with van der Waals surface area (Å²) in [6.07, 6.45) is 1.43. The molecule has 0 heterocycles. The van der Waals surface area contributed by atoms with Crippen molar-refractivity contribution in [1.82, 2.24) is 5.32 Å². The molecule has 0 unspecified atom stereocenters. The van der Waals surface area contributed by atoms with Crippen LogP contribution in [-0.4, -0.2) is 39.7 Å². The second-order valence-corrected chi connectivity index (χ2v) is 6.36. The van der Waals surface area contributed by atoms with Gasteiger partial charge in [-0.15, -0.1) is 0 Å². The fourth-order valence-corrected chi connectivity index (χ4v) is 2.38. The molecule has 7 nitrogen and oxygen atoms in total. The number of anilines is 1. The fourth-order valence-electron chi connectivity index (χ4n) is 2.38. The van der Waals surface area contributed by atoms with Gasteiger partial charge in [0.1, 0.15) is 17.4 Å². The molecule has 0 saturated carbocycles. The second-order valence-electron chi connectivity index (χ2n) is 6.36. The molecule has 2 aromatic carbocycles. The fraction of sp³-hybridized carbons (Fsp3) is 0.227. The van der Waals surface area contributed by atoms with Gasteiger partial charge in [-0.05, 0) is 41.5 Å². The first kappa shape index (κ1) is 21.5. The summed E-state index contributed by atoms with van der Waals surface area (Å²) in [6.45, 7) is -0.173. The lowest BCUT2D eigenvalue weighted by atomic mass is 10.1. The molecule has 7 heteroatoms. The summed E-state index contributed by atoms with van der Waals surface area (Å²) in [7, 11) is 5.42. The molecular weight excluding hydrogens is 370 g/mol. The topological polar surface area (TPSA) is 91.7 Å². The largest absolute Gasteiger partial charge is 0.497 e. The Labute approximate surface area is 170 Å². The third kappa shape index (κ3) is 6.70. The Kier molecular flexibility index (Phi) is 7.80. The molecule has 0 aliphatic carbocycles. The number of hydrogen-bond donors (Lipinski definition) is 1. The van der Waals surface area contributed by atoms with Crippen LogP contribution in [-0.2, 0) is 20.9 Å². The molecule has 0 aliphatic heterocycles. The first-order valence-electron chi connectivity index (χ1n) is 8.89. The zero-order valence-corrected chi connectivity index (χ0v) is 16.6. The molecule has 29 heavy (non-hydrogen) atoms. The van der Waals surface area contributed by atoms with Crippen LogP contribution >= 0.6 is 0 Å². The summed E-state index contributed by atoms with van der Waals surface area (Å²) in [5.41, 5.74) is 2.39. The number of carbonyl (C=O) groups is 2. The predicted octanol–water partition coefficient (Wildman–Crippen LogP) is 2.53.